The fourth-order valence-electron chi connectivity index (χ4n) is 2.44. The molecule has 2 amide bonds. The summed E-state index contributed by atoms with van der Waals surface area (Å²) in [7, 11) is 0. The first-order valence-corrected chi connectivity index (χ1v) is 8.60. The van der Waals surface area contributed by atoms with Crippen molar-refractivity contribution in [3.8, 4) is 0 Å². The molecule has 5 nitrogen and oxygen atoms in total. The van der Waals surface area contributed by atoms with E-state index >= 15 is 0 Å². The third-order valence-electron chi connectivity index (χ3n) is 3.85. The summed E-state index contributed by atoms with van der Waals surface area (Å²) < 4.78 is 13.1. The normalized spacial score (nSPS) is 10.3. The molecule has 0 aromatic heterocycles. The molecule has 0 radical (unpaired) electrons. The second-order valence-electron chi connectivity index (χ2n) is 5.72. The molecule has 0 aliphatic heterocycles. The predicted octanol–water partition coefficient (Wildman–Crippen LogP) is 3.90. The van der Waals surface area contributed by atoms with E-state index in [2.05, 4.69) is 10.6 Å². The van der Waals surface area contributed by atoms with E-state index in [4.69, 9.17) is 11.6 Å². The fourth-order valence-corrected chi connectivity index (χ4v) is 2.66. The van der Waals surface area contributed by atoms with E-state index in [9.17, 15) is 14.0 Å². The molecule has 7 heteroatoms. The highest BCUT2D eigenvalue weighted by Crippen LogP contribution is 2.22. The molecule has 0 saturated heterocycles. The van der Waals surface area contributed by atoms with Crippen molar-refractivity contribution in [3.05, 3.63) is 58.9 Å². The molecule has 2 aromatic rings. The SMILES string of the molecule is CCN(Cc1ccccc1NCC(=O)Nc1ccc(F)cc1Cl)C(C)=O. The fraction of sp³-hybridized carbons (Fsp3) is 0.263. The summed E-state index contributed by atoms with van der Waals surface area (Å²) in [6, 6.07) is 11.3. The average molecular weight is 378 g/mol. The maximum absolute atomic E-state index is 13.1. The van der Waals surface area contributed by atoms with Crippen molar-refractivity contribution in [2.75, 3.05) is 23.7 Å². The van der Waals surface area contributed by atoms with Crippen molar-refractivity contribution < 1.29 is 14.0 Å². The number of nitrogens with one attached hydrogen (secondary N) is 2. The second kappa shape index (κ2) is 9.20. The number of carbonyl (C=O) groups is 2. The summed E-state index contributed by atoms with van der Waals surface area (Å²) in [5.74, 6) is -0.788. The van der Waals surface area contributed by atoms with Crippen molar-refractivity contribution in [3.63, 3.8) is 0 Å². The van der Waals surface area contributed by atoms with Gasteiger partial charge in [-0.15, -0.1) is 0 Å². The van der Waals surface area contributed by atoms with Crippen molar-refractivity contribution in [2.24, 2.45) is 0 Å². The van der Waals surface area contributed by atoms with Crippen LogP contribution in [0.25, 0.3) is 0 Å². The maximum Gasteiger partial charge on any atom is 0.243 e. The van der Waals surface area contributed by atoms with Crippen LogP contribution in [0.4, 0.5) is 15.8 Å². The Morgan fingerprint density at radius 1 is 1.15 bits per heavy atom. The van der Waals surface area contributed by atoms with Crippen molar-refractivity contribution in [1.82, 2.24) is 4.90 Å². The van der Waals surface area contributed by atoms with Crippen LogP contribution in [0.3, 0.4) is 0 Å². The molecule has 0 aliphatic carbocycles. The van der Waals surface area contributed by atoms with E-state index in [0.717, 1.165) is 17.3 Å². The first-order valence-electron chi connectivity index (χ1n) is 8.23. The number of hydrogen-bond acceptors (Lipinski definition) is 3. The van der Waals surface area contributed by atoms with Crippen LogP contribution in [0.2, 0.25) is 5.02 Å². The lowest BCUT2D eigenvalue weighted by molar-refractivity contribution is -0.129. The predicted molar refractivity (Wildman–Crippen MR) is 102 cm³/mol. The van der Waals surface area contributed by atoms with Gasteiger partial charge in [-0.3, -0.25) is 9.59 Å². The summed E-state index contributed by atoms with van der Waals surface area (Å²) in [6.07, 6.45) is 0. The highest BCUT2D eigenvalue weighted by atomic mass is 35.5. The number of anilines is 2. The minimum Gasteiger partial charge on any atom is -0.376 e. The summed E-state index contributed by atoms with van der Waals surface area (Å²) in [5.41, 5.74) is 2.03. The topological polar surface area (TPSA) is 61.4 Å². The molecule has 0 bridgehead atoms. The standard InChI is InChI=1S/C19H21ClFN3O2/c1-3-24(13(2)25)12-14-6-4-5-7-17(14)22-11-19(26)23-18-9-8-15(21)10-16(18)20/h4-10,22H,3,11-12H2,1-2H3,(H,23,26). The molecule has 2 N–H and O–H groups in total. The smallest absolute Gasteiger partial charge is 0.243 e. The van der Waals surface area contributed by atoms with Gasteiger partial charge in [0, 0.05) is 25.7 Å². The highest BCUT2D eigenvalue weighted by Gasteiger charge is 2.11. The van der Waals surface area contributed by atoms with E-state index in [1.54, 1.807) is 4.90 Å². The van der Waals surface area contributed by atoms with Crippen LogP contribution in [-0.4, -0.2) is 29.8 Å². The van der Waals surface area contributed by atoms with Gasteiger partial charge in [-0.25, -0.2) is 4.39 Å². The lowest BCUT2D eigenvalue weighted by Crippen LogP contribution is -2.28. The molecule has 0 spiro atoms. The number of halogens is 2. The zero-order valence-corrected chi connectivity index (χ0v) is 15.4. The number of hydrogen-bond donors (Lipinski definition) is 2. The van der Waals surface area contributed by atoms with E-state index in [-0.39, 0.29) is 23.4 Å². The molecular formula is C19H21ClFN3O2. The van der Waals surface area contributed by atoms with Crippen molar-refractivity contribution in [1.29, 1.82) is 0 Å². The zero-order valence-electron chi connectivity index (χ0n) is 14.7. The lowest BCUT2D eigenvalue weighted by Gasteiger charge is -2.21. The molecule has 138 valence electrons. The molecule has 0 atom stereocenters. The van der Waals surface area contributed by atoms with Gasteiger partial charge < -0.3 is 15.5 Å². The van der Waals surface area contributed by atoms with Gasteiger partial charge in [0.1, 0.15) is 5.82 Å². The Morgan fingerprint density at radius 3 is 2.54 bits per heavy atom. The Balaban J connectivity index is 2.00. The highest BCUT2D eigenvalue weighted by molar-refractivity contribution is 6.33. The molecule has 0 heterocycles. The van der Waals surface area contributed by atoms with Crippen LogP contribution in [0, 0.1) is 5.82 Å². The second-order valence-corrected chi connectivity index (χ2v) is 6.12. The van der Waals surface area contributed by atoms with Crippen molar-refractivity contribution in [2.45, 2.75) is 20.4 Å². The number of nitrogens with zero attached hydrogens (tertiary/aromatic N) is 1. The van der Waals surface area contributed by atoms with Crippen LogP contribution in [0.5, 0.6) is 0 Å². The monoisotopic (exact) mass is 377 g/mol. The largest absolute Gasteiger partial charge is 0.376 e. The molecular weight excluding hydrogens is 357 g/mol. The van der Waals surface area contributed by atoms with E-state index in [1.807, 2.05) is 31.2 Å². The minimum atomic E-state index is -0.467. The van der Waals surface area contributed by atoms with E-state index in [1.165, 1.54) is 19.1 Å². The van der Waals surface area contributed by atoms with Crippen LogP contribution in [0.15, 0.2) is 42.5 Å². The summed E-state index contributed by atoms with van der Waals surface area (Å²) in [5, 5.41) is 5.84. The van der Waals surface area contributed by atoms with Gasteiger partial charge in [0.05, 0.1) is 17.3 Å². The summed E-state index contributed by atoms with van der Waals surface area (Å²) in [6.45, 7) is 4.52. The van der Waals surface area contributed by atoms with E-state index in [0.29, 0.717) is 18.8 Å². The van der Waals surface area contributed by atoms with Gasteiger partial charge in [0.2, 0.25) is 11.8 Å². The van der Waals surface area contributed by atoms with E-state index < -0.39 is 5.82 Å². The Labute approximate surface area is 157 Å². The number of benzene rings is 2. The third kappa shape index (κ3) is 5.46. The van der Waals surface area contributed by atoms with Gasteiger partial charge in [-0.1, -0.05) is 29.8 Å². The van der Waals surface area contributed by atoms with Crippen LogP contribution < -0.4 is 10.6 Å². The number of para-hydroxylation sites is 1. The molecule has 0 aliphatic rings. The van der Waals surface area contributed by atoms with Crippen LogP contribution in [0.1, 0.15) is 19.4 Å². The Kier molecular flexibility index (Phi) is 6.97. The molecule has 0 fully saturated rings. The molecule has 0 saturated carbocycles. The Morgan fingerprint density at radius 2 is 1.88 bits per heavy atom. The van der Waals surface area contributed by atoms with Gasteiger partial charge >= 0.3 is 0 Å². The Hall–Kier alpha value is -2.60. The summed E-state index contributed by atoms with van der Waals surface area (Å²) in [4.78, 5) is 25.5. The third-order valence-corrected chi connectivity index (χ3v) is 4.16. The molecule has 2 aromatic carbocycles. The van der Waals surface area contributed by atoms with Crippen molar-refractivity contribution >= 4 is 34.8 Å². The first-order chi connectivity index (χ1) is 12.4. The number of carbonyl (C=O) groups excluding carboxylic acids is 2. The van der Waals surface area contributed by atoms with Crippen LogP contribution >= 0.6 is 11.6 Å². The minimum absolute atomic E-state index is 0.00834. The lowest BCUT2D eigenvalue weighted by atomic mass is 10.1. The molecule has 2 rings (SSSR count). The zero-order chi connectivity index (χ0) is 19.1. The van der Waals surface area contributed by atoms with Crippen LogP contribution in [-0.2, 0) is 16.1 Å². The average Bonchev–Trinajstić information content (AvgIpc) is 2.60. The van der Waals surface area contributed by atoms with Gasteiger partial charge in [0.25, 0.3) is 0 Å². The number of amides is 2. The van der Waals surface area contributed by atoms with Gasteiger partial charge in [-0.2, -0.15) is 0 Å². The summed E-state index contributed by atoms with van der Waals surface area (Å²) >= 11 is 5.91. The van der Waals surface area contributed by atoms with Gasteiger partial charge in [0.15, 0.2) is 0 Å². The molecule has 0 unspecified atom stereocenters. The Bertz CT molecular complexity index is 798. The number of rotatable bonds is 7. The van der Waals surface area contributed by atoms with Gasteiger partial charge in [-0.05, 0) is 36.8 Å². The molecule has 26 heavy (non-hydrogen) atoms. The first kappa shape index (κ1) is 19.7. The maximum atomic E-state index is 13.1. The quantitative estimate of drug-likeness (QED) is 0.769.